The summed E-state index contributed by atoms with van der Waals surface area (Å²) in [6, 6.07) is 51.2. The van der Waals surface area contributed by atoms with Gasteiger partial charge in [0.05, 0.1) is 0 Å². The smallest absolute Gasteiger partial charge is 0.180 e. The van der Waals surface area contributed by atoms with Gasteiger partial charge in [0, 0.05) is 53.4 Å². The Labute approximate surface area is 290 Å². The molecule has 7 heteroatoms. The summed E-state index contributed by atoms with van der Waals surface area (Å²) in [5.74, 6) is 2.59. The van der Waals surface area contributed by atoms with Crippen LogP contribution >= 0.6 is 11.3 Å². The molecule has 0 aliphatic heterocycles. The normalized spacial score (nSPS) is 11.6. The predicted octanol–water partition coefficient (Wildman–Crippen LogP) is 11.3. The lowest BCUT2D eigenvalue weighted by Crippen LogP contribution is -2.00. The number of hydrogen-bond acceptors (Lipinski definition) is 7. The maximum absolute atomic E-state index is 6.31. The standard InChI is InChI=1S/C43H25N5OS/c1-4-12-26(13-5-1)37-39-38(32-18-10-11-19-34(32)49-39)45-42(44-37)30-20-22-31-33-24-29(21-23-35(33)50-36(31)25-30)43-47-40(27-14-6-2-7-15-27)46-41(48-43)28-16-8-3-9-17-28/h1-25H. The molecule has 6 aromatic carbocycles. The molecule has 4 heterocycles. The van der Waals surface area contributed by atoms with Crippen molar-refractivity contribution < 1.29 is 4.42 Å². The van der Waals surface area contributed by atoms with Gasteiger partial charge in [-0.1, -0.05) is 115 Å². The van der Waals surface area contributed by atoms with E-state index in [4.69, 9.17) is 29.3 Å². The fraction of sp³-hybridized carbons (Fsp3) is 0. The number of aromatic nitrogens is 5. The molecule has 10 aromatic rings. The first-order valence-corrected chi connectivity index (χ1v) is 17.2. The molecule has 0 bridgehead atoms. The summed E-state index contributed by atoms with van der Waals surface area (Å²) in [7, 11) is 0. The molecular weight excluding hydrogens is 635 g/mol. The summed E-state index contributed by atoms with van der Waals surface area (Å²) >= 11 is 1.76. The van der Waals surface area contributed by atoms with E-state index >= 15 is 0 Å². The third-order valence-corrected chi connectivity index (χ3v) is 10.1. The maximum atomic E-state index is 6.31. The molecule has 0 radical (unpaired) electrons. The van der Waals surface area contributed by atoms with Crippen LogP contribution in [0.15, 0.2) is 156 Å². The van der Waals surface area contributed by atoms with E-state index in [2.05, 4.69) is 54.6 Å². The minimum atomic E-state index is 0.637. The van der Waals surface area contributed by atoms with Gasteiger partial charge in [0.15, 0.2) is 28.9 Å². The molecule has 10 rings (SSSR count). The largest absolute Gasteiger partial charge is 0.452 e. The zero-order valence-corrected chi connectivity index (χ0v) is 27.3. The average Bonchev–Trinajstić information content (AvgIpc) is 3.76. The Balaban J connectivity index is 1.11. The van der Waals surface area contributed by atoms with Gasteiger partial charge in [-0.05, 0) is 36.4 Å². The molecule has 0 spiro atoms. The lowest BCUT2D eigenvalue weighted by atomic mass is 10.1. The zero-order chi connectivity index (χ0) is 33.0. The minimum Gasteiger partial charge on any atom is -0.452 e. The summed E-state index contributed by atoms with van der Waals surface area (Å²) in [5.41, 5.74) is 7.85. The number of furan rings is 1. The summed E-state index contributed by atoms with van der Waals surface area (Å²) in [4.78, 5) is 24.9. The number of benzene rings is 6. The highest BCUT2D eigenvalue weighted by Gasteiger charge is 2.19. The highest BCUT2D eigenvalue weighted by Crippen LogP contribution is 2.40. The zero-order valence-electron chi connectivity index (χ0n) is 26.5. The van der Waals surface area contributed by atoms with E-state index in [0.29, 0.717) is 28.9 Å². The van der Waals surface area contributed by atoms with Gasteiger partial charge in [0.1, 0.15) is 16.8 Å². The molecule has 4 aromatic heterocycles. The predicted molar refractivity (Wildman–Crippen MR) is 203 cm³/mol. The molecule has 0 aliphatic rings. The molecule has 0 aliphatic carbocycles. The number of para-hydroxylation sites is 1. The fourth-order valence-corrected chi connectivity index (χ4v) is 7.63. The van der Waals surface area contributed by atoms with E-state index < -0.39 is 0 Å². The van der Waals surface area contributed by atoms with E-state index in [0.717, 1.165) is 65.5 Å². The van der Waals surface area contributed by atoms with Gasteiger partial charge >= 0.3 is 0 Å². The minimum absolute atomic E-state index is 0.637. The summed E-state index contributed by atoms with van der Waals surface area (Å²) in [6.45, 7) is 0. The molecule has 0 atom stereocenters. The van der Waals surface area contributed by atoms with Crippen LogP contribution in [-0.2, 0) is 0 Å². The van der Waals surface area contributed by atoms with Crippen molar-refractivity contribution in [2.45, 2.75) is 0 Å². The molecular formula is C43H25N5OS. The van der Waals surface area contributed by atoms with Crippen molar-refractivity contribution in [2.75, 3.05) is 0 Å². The van der Waals surface area contributed by atoms with Crippen LogP contribution in [-0.4, -0.2) is 24.9 Å². The number of fused-ring (bicyclic) bond motifs is 6. The van der Waals surface area contributed by atoms with Crippen molar-refractivity contribution in [1.82, 2.24) is 24.9 Å². The molecule has 0 fully saturated rings. The highest BCUT2D eigenvalue weighted by molar-refractivity contribution is 7.25. The molecule has 0 saturated carbocycles. The molecule has 0 N–H and O–H groups in total. The number of thiophene rings is 1. The second-order valence-electron chi connectivity index (χ2n) is 12.1. The lowest BCUT2D eigenvalue weighted by molar-refractivity contribution is 0.667. The summed E-state index contributed by atoms with van der Waals surface area (Å²) in [6.07, 6.45) is 0. The maximum Gasteiger partial charge on any atom is 0.180 e. The first-order valence-electron chi connectivity index (χ1n) is 16.3. The van der Waals surface area contributed by atoms with Crippen LogP contribution in [0.1, 0.15) is 0 Å². The van der Waals surface area contributed by atoms with E-state index in [-0.39, 0.29) is 0 Å². The van der Waals surface area contributed by atoms with Gasteiger partial charge in [-0.25, -0.2) is 24.9 Å². The van der Waals surface area contributed by atoms with Crippen LogP contribution in [0.25, 0.3) is 99.1 Å². The van der Waals surface area contributed by atoms with E-state index in [1.807, 2.05) is 97.1 Å². The fourth-order valence-electron chi connectivity index (χ4n) is 6.50. The molecule has 0 amide bonds. The van der Waals surface area contributed by atoms with E-state index in [1.54, 1.807) is 11.3 Å². The third kappa shape index (κ3) is 4.83. The summed E-state index contributed by atoms with van der Waals surface area (Å²) < 4.78 is 8.65. The second kappa shape index (κ2) is 11.5. The van der Waals surface area contributed by atoms with Crippen molar-refractivity contribution >= 4 is 53.6 Å². The van der Waals surface area contributed by atoms with Gasteiger partial charge in [0.2, 0.25) is 0 Å². The van der Waals surface area contributed by atoms with Crippen LogP contribution in [0.3, 0.4) is 0 Å². The summed E-state index contributed by atoms with van der Waals surface area (Å²) in [5, 5.41) is 3.29. The van der Waals surface area contributed by atoms with Crippen molar-refractivity contribution in [3.63, 3.8) is 0 Å². The van der Waals surface area contributed by atoms with Gasteiger partial charge in [-0.15, -0.1) is 11.3 Å². The Morgan fingerprint density at radius 3 is 1.64 bits per heavy atom. The highest BCUT2D eigenvalue weighted by atomic mass is 32.1. The molecule has 234 valence electrons. The molecule has 0 unspecified atom stereocenters. The van der Waals surface area contributed by atoms with Crippen molar-refractivity contribution in [2.24, 2.45) is 0 Å². The van der Waals surface area contributed by atoms with Gasteiger partial charge < -0.3 is 4.42 Å². The lowest BCUT2D eigenvalue weighted by Gasteiger charge is -2.08. The number of nitrogens with zero attached hydrogens (tertiary/aromatic N) is 5. The molecule has 0 saturated heterocycles. The topological polar surface area (TPSA) is 77.6 Å². The van der Waals surface area contributed by atoms with Crippen LogP contribution in [0.2, 0.25) is 0 Å². The Hall–Kier alpha value is -6.57. The van der Waals surface area contributed by atoms with Crippen molar-refractivity contribution in [3.05, 3.63) is 152 Å². The van der Waals surface area contributed by atoms with Gasteiger partial charge in [-0.2, -0.15) is 0 Å². The Kier molecular flexibility index (Phi) is 6.57. The van der Waals surface area contributed by atoms with Crippen LogP contribution in [0, 0.1) is 0 Å². The molecule has 6 nitrogen and oxygen atoms in total. The van der Waals surface area contributed by atoms with Crippen molar-refractivity contribution in [3.8, 4) is 56.8 Å². The van der Waals surface area contributed by atoms with Crippen LogP contribution < -0.4 is 0 Å². The molecule has 50 heavy (non-hydrogen) atoms. The van der Waals surface area contributed by atoms with Gasteiger partial charge in [0.25, 0.3) is 0 Å². The van der Waals surface area contributed by atoms with E-state index in [1.165, 1.54) is 4.70 Å². The SMILES string of the molecule is c1ccc(-c2nc(-c3ccccc3)nc(-c3ccc4sc5cc(-c6nc(-c7ccccc7)c7oc8ccccc8c7n6)ccc5c4c3)n2)cc1. The van der Waals surface area contributed by atoms with Crippen molar-refractivity contribution in [1.29, 1.82) is 0 Å². The number of hydrogen-bond donors (Lipinski definition) is 0. The Bertz CT molecular complexity index is 2810. The quantitative estimate of drug-likeness (QED) is 0.183. The monoisotopic (exact) mass is 659 g/mol. The second-order valence-corrected chi connectivity index (χ2v) is 13.2. The number of rotatable bonds is 5. The third-order valence-electron chi connectivity index (χ3n) is 8.95. The van der Waals surface area contributed by atoms with Crippen LogP contribution in [0.4, 0.5) is 0 Å². The first-order chi connectivity index (χ1) is 24.7. The van der Waals surface area contributed by atoms with Gasteiger partial charge in [-0.3, -0.25) is 0 Å². The van der Waals surface area contributed by atoms with Crippen LogP contribution in [0.5, 0.6) is 0 Å². The Morgan fingerprint density at radius 1 is 0.380 bits per heavy atom. The average molecular weight is 660 g/mol. The Morgan fingerprint density at radius 2 is 0.940 bits per heavy atom. The first kappa shape index (κ1) is 28.4. The van der Waals surface area contributed by atoms with E-state index in [9.17, 15) is 0 Å².